The first kappa shape index (κ1) is 14.8. The van der Waals surface area contributed by atoms with Gasteiger partial charge in [0.15, 0.2) is 0 Å². The number of hydrogen-bond donors (Lipinski definition) is 1. The maximum atomic E-state index is 12.7. The molecule has 0 aromatic rings. The number of amides is 1. The van der Waals surface area contributed by atoms with E-state index in [1.807, 2.05) is 0 Å². The molecule has 3 rings (SSSR count). The third-order valence-corrected chi connectivity index (χ3v) is 5.37. The van der Waals surface area contributed by atoms with E-state index in [1.165, 1.54) is 6.42 Å². The molecule has 0 spiro atoms. The van der Waals surface area contributed by atoms with Crippen LogP contribution in [0.25, 0.3) is 0 Å². The van der Waals surface area contributed by atoms with E-state index in [1.54, 1.807) is 4.90 Å². The topological polar surface area (TPSA) is 66.8 Å². The number of piperidine rings is 1. The van der Waals surface area contributed by atoms with E-state index in [0.29, 0.717) is 18.8 Å². The predicted octanol–water partition coefficient (Wildman–Crippen LogP) is 2.19. The monoisotopic (exact) mass is 295 g/mol. The fraction of sp³-hybridized carbons (Fsp3) is 0.875. The van der Waals surface area contributed by atoms with Crippen molar-refractivity contribution >= 4 is 11.9 Å². The molecular formula is C16H25NO4. The summed E-state index contributed by atoms with van der Waals surface area (Å²) in [6.07, 6.45) is 8.26. The van der Waals surface area contributed by atoms with E-state index >= 15 is 0 Å². The molecule has 5 nitrogen and oxygen atoms in total. The minimum absolute atomic E-state index is 0.00379. The van der Waals surface area contributed by atoms with E-state index in [0.717, 1.165) is 45.1 Å². The maximum Gasteiger partial charge on any atom is 0.326 e. The van der Waals surface area contributed by atoms with E-state index in [-0.39, 0.29) is 18.1 Å². The lowest BCUT2D eigenvalue weighted by Crippen LogP contribution is -2.57. The Morgan fingerprint density at radius 2 is 1.86 bits per heavy atom. The van der Waals surface area contributed by atoms with Gasteiger partial charge in [0.05, 0.1) is 12.5 Å². The third-order valence-electron chi connectivity index (χ3n) is 5.37. The van der Waals surface area contributed by atoms with Gasteiger partial charge in [0.2, 0.25) is 5.91 Å². The van der Waals surface area contributed by atoms with Crippen LogP contribution in [0, 0.1) is 5.92 Å². The molecule has 4 atom stereocenters. The number of likely N-dealkylation sites (tertiary alicyclic amines) is 1. The van der Waals surface area contributed by atoms with Gasteiger partial charge in [0, 0.05) is 12.6 Å². The van der Waals surface area contributed by atoms with Gasteiger partial charge < -0.3 is 14.7 Å². The summed E-state index contributed by atoms with van der Waals surface area (Å²) in [5.74, 6) is -0.353. The van der Waals surface area contributed by atoms with Crippen LogP contribution >= 0.6 is 0 Å². The summed E-state index contributed by atoms with van der Waals surface area (Å²) >= 11 is 0. The molecule has 4 unspecified atom stereocenters. The highest BCUT2D eigenvalue weighted by Crippen LogP contribution is 2.38. The first-order valence-electron chi connectivity index (χ1n) is 8.32. The fourth-order valence-electron chi connectivity index (χ4n) is 4.34. The second kappa shape index (κ2) is 6.34. The van der Waals surface area contributed by atoms with Crippen LogP contribution in [0.5, 0.6) is 0 Å². The Kier molecular flexibility index (Phi) is 4.48. The molecule has 5 heteroatoms. The number of aliphatic carboxylic acids is 1. The number of ether oxygens (including phenoxy) is 1. The van der Waals surface area contributed by atoms with Crippen molar-refractivity contribution in [2.45, 2.75) is 76.0 Å². The highest BCUT2D eigenvalue weighted by atomic mass is 16.5. The SMILES string of the molecule is O=C(O)C1CCC2CCCCC2N1C(=O)CC1CCCO1. The third kappa shape index (κ3) is 3.07. The Bertz CT molecular complexity index is 405. The van der Waals surface area contributed by atoms with Crippen LogP contribution in [0.4, 0.5) is 0 Å². The second-order valence-corrected chi connectivity index (χ2v) is 6.68. The van der Waals surface area contributed by atoms with E-state index in [9.17, 15) is 14.7 Å². The number of carboxylic acid groups (broad SMARTS) is 1. The molecule has 2 saturated heterocycles. The van der Waals surface area contributed by atoms with Crippen LogP contribution in [0.15, 0.2) is 0 Å². The summed E-state index contributed by atoms with van der Waals surface area (Å²) in [4.78, 5) is 26.0. The van der Waals surface area contributed by atoms with Crippen molar-refractivity contribution in [3.05, 3.63) is 0 Å². The smallest absolute Gasteiger partial charge is 0.326 e. The Labute approximate surface area is 125 Å². The number of hydrogen-bond acceptors (Lipinski definition) is 3. The van der Waals surface area contributed by atoms with Gasteiger partial charge in [-0.15, -0.1) is 0 Å². The molecule has 0 bridgehead atoms. The lowest BCUT2D eigenvalue weighted by atomic mass is 9.76. The Hall–Kier alpha value is -1.10. The van der Waals surface area contributed by atoms with Gasteiger partial charge in [0.25, 0.3) is 0 Å². The molecule has 1 N–H and O–H groups in total. The molecule has 1 amide bonds. The molecular weight excluding hydrogens is 270 g/mol. The molecule has 2 aliphatic heterocycles. The van der Waals surface area contributed by atoms with Crippen LogP contribution < -0.4 is 0 Å². The first-order chi connectivity index (χ1) is 10.2. The van der Waals surface area contributed by atoms with E-state index in [4.69, 9.17) is 4.74 Å². The quantitative estimate of drug-likeness (QED) is 0.866. The van der Waals surface area contributed by atoms with E-state index < -0.39 is 12.0 Å². The Morgan fingerprint density at radius 3 is 2.57 bits per heavy atom. The highest BCUT2D eigenvalue weighted by molar-refractivity contribution is 5.84. The van der Waals surface area contributed by atoms with Crippen LogP contribution in [0.1, 0.15) is 57.8 Å². The molecule has 1 saturated carbocycles. The minimum atomic E-state index is -0.847. The molecule has 3 aliphatic rings. The summed E-state index contributed by atoms with van der Waals surface area (Å²) in [5, 5.41) is 9.48. The normalized spacial score (nSPS) is 36.3. The lowest BCUT2D eigenvalue weighted by Gasteiger charge is -2.47. The molecule has 0 radical (unpaired) electrons. The number of nitrogens with zero attached hydrogens (tertiary/aromatic N) is 1. The molecule has 1 aliphatic carbocycles. The van der Waals surface area contributed by atoms with E-state index in [2.05, 4.69) is 0 Å². The molecule has 21 heavy (non-hydrogen) atoms. The van der Waals surface area contributed by atoms with Crippen molar-refractivity contribution in [1.29, 1.82) is 0 Å². The molecule has 0 aromatic carbocycles. The van der Waals surface area contributed by atoms with Crippen molar-refractivity contribution in [1.82, 2.24) is 4.90 Å². The van der Waals surface area contributed by atoms with Crippen molar-refractivity contribution in [3.63, 3.8) is 0 Å². The van der Waals surface area contributed by atoms with Crippen LogP contribution in [-0.2, 0) is 14.3 Å². The van der Waals surface area contributed by atoms with Gasteiger partial charge in [-0.2, -0.15) is 0 Å². The Balaban J connectivity index is 1.74. The average Bonchev–Trinajstić information content (AvgIpc) is 2.98. The van der Waals surface area contributed by atoms with Crippen molar-refractivity contribution in [3.8, 4) is 0 Å². The zero-order chi connectivity index (χ0) is 14.8. The van der Waals surface area contributed by atoms with Gasteiger partial charge in [-0.05, 0) is 44.4 Å². The number of carboxylic acids is 1. The molecule has 3 fully saturated rings. The number of fused-ring (bicyclic) bond motifs is 1. The maximum absolute atomic E-state index is 12.7. The summed E-state index contributed by atoms with van der Waals surface area (Å²) in [7, 11) is 0. The standard InChI is InChI=1S/C16H25NO4/c18-15(10-12-5-3-9-21-12)17-13-6-2-1-4-11(13)7-8-14(17)16(19)20/h11-14H,1-10H2,(H,19,20). The van der Waals surface area contributed by atoms with Gasteiger partial charge >= 0.3 is 5.97 Å². The summed E-state index contributed by atoms with van der Waals surface area (Å²) in [6.45, 7) is 0.729. The molecule has 118 valence electrons. The zero-order valence-electron chi connectivity index (χ0n) is 12.5. The number of carbonyl (C=O) groups excluding carboxylic acids is 1. The minimum Gasteiger partial charge on any atom is -0.480 e. The molecule has 0 aromatic heterocycles. The summed E-state index contributed by atoms with van der Waals surface area (Å²) in [6, 6.07) is -0.485. The largest absolute Gasteiger partial charge is 0.480 e. The van der Waals surface area contributed by atoms with Crippen molar-refractivity contribution in [2.24, 2.45) is 5.92 Å². The highest BCUT2D eigenvalue weighted by Gasteiger charge is 2.44. The number of rotatable bonds is 3. The summed E-state index contributed by atoms with van der Waals surface area (Å²) in [5.41, 5.74) is 0. The van der Waals surface area contributed by atoms with Gasteiger partial charge in [-0.25, -0.2) is 4.79 Å². The number of carbonyl (C=O) groups is 2. The van der Waals surface area contributed by atoms with Crippen LogP contribution in [0.3, 0.4) is 0 Å². The molecule has 2 heterocycles. The van der Waals surface area contributed by atoms with Crippen molar-refractivity contribution in [2.75, 3.05) is 6.61 Å². The van der Waals surface area contributed by atoms with Crippen molar-refractivity contribution < 1.29 is 19.4 Å². The average molecular weight is 295 g/mol. The Morgan fingerprint density at radius 1 is 1.05 bits per heavy atom. The van der Waals surface area contributed by atoms with Gasteiger partial charge in [-0.1, -0.05) is 12.8 Å². The van der Waals surface area contributed by atoms with Gasteiger partial charge in [-0.3, -0.25) is 4.79 Å². The predicted molar refractivity (Wildman–Crippen MR) is 76.8 cm³/mol. The van der Waals surface area contributed by atoms with Crippen LogP contribution in [0.2, 0.25) is 0 Å². The second-order valence-electron chi connectivity index (χ2n) is 6.68. The van der Waals surface area contributed by atoms with Crippen LogP contribution in [-0.4, -0.2) is 46.7 Å². The fourth-order valence-corrected chi connectivity index (χ4v) is 4.34. The first-order valence-corrected chi connectivity index (χ1v) is 8.32. The lowest BCUT2D eigenvalue weighted by molar-refractivity contribution is -0.159. The summed E-state index contributed by atoms with van der Waals surface area (Å²) < 4.78 is 5.55. The van der Waals surface area contributed by atoms with Gasteiger partial charge in [0.1, 0.15) is 6.04 Å². The zero-order valence-corrected chi connectivity index (χ0v) is 12.5.